The maximum atomic E-state index is 14.3. The number of hydrogen-bond acceptors (Lipinski definition) is 6. The summed E-state index contributed by atoms with van der Waals surface area (Å²) >= 11 is 0. The van der Waals surface area contributed by atoms with Gasteiger partial charge in [-0.3, -0.25) is 14.4 Å². The number of nitrogens with zero attached hydrogens (tertiary/aromatic N) is 3. The number of methoxy groups -OCH3 is 1. The van der Waals surface area contributed by atoms with E-state index in [1.807, 2.05) is 66.8 Å². The largest absolute Gasteiger partial charge is 0.497 e. The molecule has 3 amide bonds. The van der Waals surface area contributed by atoms with Gasteiger partial charge in [0.2, 0.25) is 11.8 Å². The monoisotopic (exact) mass is 543 g/mol. The van der Waals surface area contributed by atoms with Crippen molar-refractivity contribution in [3.05, 3.63) is 84.5 Å². The number of aliphatic hydroxyl groups is 1. The maximum absolute atomic E-state index is 14.3. The summed E-state index contributed by atoms with van der Waals surface area (Å²) in [6.45, 7) is 1.18. The summed E-state index contributed by atoms with van der Waals surface area (Å²) in [7, 11) is 1.58. The second kappa shape index (κ2) is 10.6. The Morgan fingerprint density at radius 2 is 1.75 bits per heavy atom. The summed E-state index contributed by atoms with van der Waals surface area (Å²) in [5, 5.41) is 9.59. The predicted molar refractivity (Wildman–Crippen MR) is 147 cm³/mol. The first-order valence-electron chi connectivity index (χ1n) is 13.7. The highest BCUT2D eigenvalue weighted by Crippen LogP contribution is 2.53. The van der Waals surface area contributed by atoms with Gasteiger partial charge >= 0.3 is 0 Å². The van der Waals surface area contributed by atoms with Gasteiger partial charge < -0.3 is 29.3 Å². The first-order chi connectivity index (χ1) is 19.5. The minimum atomic E-state index is -1.30. The van der Waals surface area contributed by atoms with Gasteiger partial charge in [-0.05, 0) is 36.2 Å². The lowest BCUT2D eigenvalue weighted by molar-refractivity contribution is -0.144. The third-order valence-corrected chi connectivity index (χ3v) is 8.40. The molecule has 1 unspecified atom stereocenters. The zero-order valence-electron chi connectivity index (χ0n) is 22.4. The van der Waals surface area contributed by atoms with E-state index in [2.05, 4.69) is 0 Å². The van der Waals surface area contributed by atoms with E-state index in [1.165, 1.54) is 4.90 Å². The number of rotatable bonds is 7. The van der Waals surface area contributed by atoms with Crippen molar-refractivity contribution >= 4 is 23.4 Å². The van der Waals surface area contributed by atoms with Crippen LogP contribution in [0.4, 0.5) is 5.69 Å². The van der Waals surface area contributed by atoms with E-state index in [4.69, 9.17) is 9.47 Å². The van der Waals surface area contributed by atoms with Gasteiger partial charge in [-0.2, -0.15) is 0 Å². The Morgan fingerprint density at radius 3 is 2.48 bits per heavy atom. The minimum Gasteiger partial charge on any atom is -0.497 e. The van der Waals surface area contributed by atoms with Gasteiger partial charge in [-0.25, -0.2) is 0 Å². The van der Waals surface area contributed by atoms with Gasteiger partial charge in [-0.1, -0.05) is 54.6 Å². The van der Waals surface area contributed by atoms with Crippen LogP contribution >= 0.6 is 0 Å². The molecule has 0 aromatic heterocycles. The third kappa shape index (κ3) is 4.20. The van der Waals surface area contributed by atoms with Crippen LogP contribution in [0, 0.1) is 11.8 Å². The van der Waals surface area contributed by atoms with E-state index < -0.39 is 29.6 Å². The summed E-state index contributed by atoms with van der Waals surface area (Å²) in [6.07, 6.45) is 7.16. The van der Waals surface area contributed by atoms with Gasteiger partial charge in [0.15, 0.2) is 0 Å². The Balaban J connectivity index is 1.38. The predicted octanol–water partition coefficient (Wildman–Crippen LogP) is 2.16. The molecule has 4 aliphatic heterocycles. The molecule has 4 heterocycles. The number of likely N-dealkylation sites (tertiary alicyclic amines) is 1. The van der Waals surface area contributed by atoms with Crippen molar-refractivity contribution in [1.29, 1.82) is 0 Å². The zero-order chi connectivity index (χ0) is 27.9. The zero-order valence-corrected chi connectivity index (χ0v) is 22.4. The highest BCUT2D eigenvalue weighted by atomic mass is 16.5. The highest BCUT2D eigenvalue weighted by molar-refractivity contribution is 6.05. The molecule has 0 radical (unpaired) electrons. The Labute approximate surface area is 233 Å². The number of carbonyl (C=O) groups excluding carboxylic acids is 3. The van der Waals surface area contributed by atoms with Crippen molar-refractivity contribution in [3.8, 4) is 5.75 Å². The number of benzene rings is 2. The smallest absolute Gasteiger partial charge is 0.253 e. The van der Waals surface area contributed by atoms with Crippen molar-refractivity contribution in [2.24, 2.45) is 11.8 Å². The standard InChI is InChI=1S/C31H33N3O6/c1-39-23-13-11-22(12-14-23)33-17-6-15-31-26(29(37)34(18-7-19-35)27(31)30(33)38)25-24(40-31)10-5-16-32(28(25)36)20-21-8-3-2-4-9-21/h2-6,8-15,24-27,35H,7,16-20H2,1H3/t24-,25+,26+,27?,31+/m1/s1. The van der Waals surface area contributed by atoms with Crippen molar-refractivity contribution < 1.29 is 29.0 Å². The van der Waals surface area contributed by atoms with Gasteiger partial charge in [0, 0.05) is 38.5 Å². The summed E-state index contributed by atoms with van der Waals surface area (Å²) < 4.78 is 11.9. The molecule has 4 aliphatic rings. The van der Waals surface area contributed by atoms with E-state index in [0.29, 0.717) is 37.5 Å². The molecule has 2 aromatic rings. The van der Waals surface area contributed by atoms with Crippen molar-refractivity contribution in [2.75, 3.05) is 38.3 Å². The average molecular weight is 544 g/mol. The SMILES string of the molecule is COc1ccc(N2CC=C[C@]34O[C@@H]5C=CCN(Cc6ccccc6)C(=O)[C@@H]5[C@H]3C(=O)N(CCCO)C4C2=O)cc1. The fourth-order valence-corrected chi connectivity index (χ4v) is 6.61. The molecule has 2 fully saturated rings. The van der Waals surface area contributed by atoms with Gasteiger partial charge in [0.25, 0.3) is 5.91 Å². The Kier molecular flexibility index (Phi) is 6.93. The van der Waals surface area contributed by atoms with E-state index in [9.17, 15) is 19.5 Å². The Morgan fingerprint density at radius 1 is 0.975 bits per heavy atom. The van der Waals surface area contributed by atoms with E-state index in [1.54, 1.807) is 29.0 Å². The molecular formula is C31H33N3O6. The molecule has 2 saturated heterocycles. The molecule has 1 N–H and O–H groups in total. The number of fused-ring (bicyclic) bond motifs is 2. The first kappa shape index (κ1) is 26.3. The average Bonchev–Trinajstić information content (AvgIpc) is 3.29. The molecule has 6 rings (SSSR count). The lowest BCUT2D eigenvalue weighted by Crippen LogP contribution is -2.55. The normalized spacial score (nSPS) is 29.2. The van der Waals surface area contributed by atoms with Gasteiger partial charge in [0.05, 0.1) is 25.0 Å². The molecule has 40 heavy (non-hydrogen) atoms. The number of anilines is 1. The molecule has 0 bridgehead atoms. The van der Waals surface area contributed by atoms with Crippen LogP contribution in [0.3, 0.4) is 0 Å². The molecule has 0 saturated carbocycles. The number of amides is 3. The number of hydrogen-bond donors (Lipinski definition) is 1. The van der Waals surface area contributed by atoms with Gasteiger partial charge in [0.1, 0.15) is 17.4 Å². The Bertz CT molecular complexity index is 1340. The fourth-order valence-electron chi connectivity index (χ4n) is 6.61. The van der Waals surface area contributed by atoms with E-state index in [0.717, 1.165) is 5.56 Å². The van der Waals surface area contributed by atoms with Crippen LogP contribution in [0.5, 0.6) is 5.75 Å². The molecule has 1 spiro atoms. The van der Waals surface area contributed by atoms with E-state index >= 15 is 0 Å². The summed E-state index contributed by atoms with van der Waals surface area (Å²) in [6, 6.07) is 16.0. The molecule has 208 valence electrons. The minimum absolute atomic E-state index is 0.125. The third-order valence-electron chi connectivity index (χ3n) is 8.40. The van der Waals surface area contributed by atoms with Crippen LogP contribution in [0.2, 0.25) is 0 Å². The molecule has 9 nitrogen and oxygen atoms in total. The van der Waals surface area contributed by atoms with Crippen LogP contribution in [0.15, 0.2) is 78.9 Å². The topological polar surface area (TPSA) is 99.6 Å². The van der Waals surface area contributed by atoms with Gasteiger partial charge in [-0.15, -0.1) is 0 Å². The number of aliphatic hydroxyl groups excluding tert-OH is 1. The molecule has 9 heteroatoms. The summed E-state index contributed by atoms with van der Waals surface area (Å²) in [5.74, 6) is -1.67. The lowest BCUT2D eigenvalue weighted by atomic mass is 9.77. The van der Waals surface area contributed by atoms with Crippen LogP contribution in [0.25, 0.3) is 0 Å². The van der Waals surface area contributed by atoms with Crippen molar-refractivity contribution in [1.82, 2.24) is 9.80 Å². The van der Waals surface area contributed by atoms with Crippen LogP contribution in [0.1, 0.15) is 12.0 Å². The molecule has 2 aromatic carbocycles. The highest BCUT2D eigenvalue weighted by Gasteiger charge is 2.71. The maximum Gasteiger partial charge on any atom is 0.253 e. The van der Waals surface area contributed by atoms with E-state index in [-0.39, 0.29) is 30.9 Å². The number of carbonyl (C=O) groups is 3. The number of ether oxygens (including phenoxy) is 2. The van der Waals surface area contributed by atoms with Crippen LogP contribution in [-0.4, -0.2) is 83.7 Å². The first-order valence-corrected chi connectivity index (χ1v) is 13.7. The lowest BCUT2D eigenvalue weighted by Gasteiger charge is -2.35. The second-order valence-electron chi connectivity index (χ2n) is 10.6. The van der Waals surface area contributed by atoms with Crippen LogP contribution < -0.4 is 9.64 Å². The fraction of sp³-hybridized carbons (Fsp3) is 0.387. The summed E-state index contributed by atoms with van der Waals surface area (Å²) in [4.78, 5) is 47.5. The molecule has 0 aliphatic carbocycles. The van der Waals surface area contributed by atoms with Crippen LogP contribution in [-0.2, 0) is 25.7 Å². The van der Waals surface area contributed by atoms with Crippen molar-refractivity contribution in [3.63, 3.8) is 0 Å². The molecule has 5 atom stereocenters. The molecular weight excluding hydrogens is 510 g/mol. The quantitative estimate of drug-likeness (QED) is 0.538. The van der Waals surface area contributed by atoms with Crippen molar-refractivity contribution in [2.45, 2.75) is 30.7 Å². The second-order valence-corrected chi connectivity index (χ2v) is 10.6. The summed E-state index contributed by atoms with van der Waals surface area (Å²) in [5.41, 5.74) is 0.370. The Hall–Kier alpha value is -3.95.